The molecular weight excluding hydrogens is 318 g/mol. The van der Waals surface area contributed by atoms with Crippen molar-refractivity contribution in [1.29, 1.82) is 0 Å². The van der Waals surface area contributed by atoms with Crippen LogP contribution in [0.3, 0.4) is 0 Å². The zero-order valence-corrected chi connectivity index (χ0v) is 14.2. The van der Waals surface area contributed by atoms with E-state index in [0.717, 1.165) is 27.8 Å². The number of pyridine rings is 1. The molecular formula is C23H17N3. The summed E-state index contributed by atoms with van der Waals surface area (Å²) in [6, 6.07) is 30.1. The highest BCUT2D eigenvalue weighted by molar-refractivity contribution is 5.79. The second kappa shape index (κ2) is 7.53. The Morgan fingerprint density at radius 3 is 1.96 bits per heavy atom. The zero-order valence-electron chi connectivity index (χ0n) is 14.2. The highest BCUT2D eigenvalue weighted by atomic mass is 14.9. The van der Waals surface area contributed by atoms with E-state index in [1.54, 1.807) is 0 Å². The number of rotatable bonds is 1. The molecule has 2 heterocycles. The molecule has 0 atom stereocenters. The molecule has 26 heavy (non-hydrogen) atoms. The minimum Gasteiger partial charge on any atom is -0.256 e. The summed E-state index contributed by atoms with van der Waals surface area (Å²) in [6.07, 6.45) is 3.67. The highest BCUT2D eigenvalue weighted by Crippen LogP contribution is 2.17. The molecule has 5 rings (SSSR count). The van der Waals surface area contributed by atoms with Gasteiger partial charge in [-0.1, -0.05) is 72.8 Å². The van der Waals surface area contributed by atoms with E-state index in [4.69, 9.17) is 0 Å². The standard InChI is InChI=1S/C14H10N2.C9H7N/c1-2-6-11(7-3-1)14-15-10-12-8-4-5-9-13(12)16-14;1-2-6-9-8(4-1)5-3-7-10-9/h1-10H;1-7H. The molecule has 3 nitrogen and oxygen atoms in total. The van der Waals surface area contributed by atoms with Gasteiger partial charge in [-0.3, -0.25) is 4.98 Å². The van der Waals surface area contributed by atoms with Crippen LogP contribution in [0, 0.1) is 0 Å². The van der Waals surface area contributed by atoms with Crippen molar-refractivity contribution in [2.24, 2.45) is 0 Å². The lowest BCUT2D eigenvalue weighted by atomic mass is 10.2. The highest BCUT2D eigenvalue weighted by Gasteiger charge is 2.01. The van der Waals surface area contributed by atoms with E-state index < -0.39 is 0 Å². The van der Waals surface area contributed by atoms with Crippen LogP contribution in [-0.4, -0.2) is 15.0 Å². The van der Waals surface area contributed by atoms with E-state index >= 15 is 0 Å². The number of nitrogens with zero attached hydrogens (tertiary/aromatic N) is 3. The van der Waals surface area contributed by atoms with Crippen molar-refractivity contribution in [3.05, 3.63) is 103 Å². The normalized spacial score (nSPS) is 10.3. The van der Waals surface area contributed by atoms with E-state index in [1.165, 1.54) is 5.39 Å². The van der Waals surface area contributed by atoms with E-state index in [-0.39, 0.29) is 0 Å². The van der Waals surface area contributed by atoms with Crippen LogP contribution in [0.2, 0.25) is 0 Å². The van der Waals surface area contributed by atoms with Gasteiger partial charge in [0.15, 0.2) is 5.82 Å². The number of hydrogen-bond acceptors (Lipinski definition) is 3. The molecule has 0 amide bonds. The molecule has 2 aromatic heterocycles. The number of aromatic nitrogens is 3. The Hall–Kier alpha value is -3.59. The predicted octanol–water partition coefficient (Wildman–Crippen LogP) is 5.53. The van der Waals surface area contributed by atoms with Crippen molar-refractivity contribution in [2.75, 3.05) is 0 Å². The van der Waals surface area contributed by atoms with Crippen LogP contribution in [-0.2, 0) is 0 Å². The van der Waals surface area contributed by atoms with Crippen molar-refractivity contribution < 1.29 is 0 Å². The minimum absolute atomic E-state index is 0.777. The molecule has 0 bridgehead atoms. The number of para-hydroxylation sites is 2. The predicted molar refractivity (Wildman–Crippen MR) is 107 cm³/mol. The summed E-state index contributed by atoms with van der Waals surface area (Å²) in [7, 11) is 0. The Kier molecular flexibility index (Phi) is 4.61. The van der Waals surface area contributed by atoms with E-state index in [0.29, 0.717) is 0 Å². The van der Waals surface area contributed by atoms with Crippen molar-refractivity contribution in [1.82, 2.24) is 15.0 Å². The van der Waals surface area contributed by atoms with Crippen LogP contribution in [0.4, 0.5) is 0 Å². The molecule has 5 aromatic rings. The van der Waals surface area contributed by atoms with Gasteiger partial charge >= 0.3 is 0 Å². The summed E-state index contributed by atoms with van der Waals surface area (Å²) in [4.78, 5) is 13.1. The smallest absolute Gasteiger partial charge is 0.159 e. The number of benzene rings is 3. The summed E-state index contributed by atoms with van der Waals surface area (Å²) in [5, 5.41) is 2.27. The molecule has 0 aliphatic heterocycles. The molecule has 3 heteroatoms. The van der Waals surface area contributed by atoms with Gasteiger partial charge in [-0.15, -0.1) is 0 Å². The van der Waals surface area contributed by atoms with Crippen LogP contribution in [0.1, 0.15) is 0 Å². The van der Waals surface area contributed by atoms with Crippen molar-refractivity contribution in [3.8, 4) is 11.4 Å². The number of fused-ring (bicyclic) bond motifs is 2. The monoisotopic (exact) mass is 335 g/mol. The summed E-state index contributed by atoms with van der Waals surface area (Å²) in [5.74, 6) is 0.777. The molecule has 0 aliphatic carbocycles. The van der Waals surface area contributed by atoms with Crippen LogP contribution in [0.15, 0.2) is 103 Å². The Morgan fingerprint density at radius 2 is 1.15 bits per heavy atom. The minimum atomic E-state index is 0.777. The topological polar surface area (TPSA) is 38.7 Å². The molecule has 3 aromatic carbocycles. The molecule has 0 aliphatic rings. The van der Waals surface area contributed by atoms with Gasteiger partial charge in [-0.25, -0.2) is 9.97 Å². The lowest BCUT2D eigenvalue weighted by Crippen LogP contribution is -1.88. The maximum Gasteiger partial charge on any atom is 0.159 e. The van der Waals surface area contributed by atoms with E-state index in [1.807, 2.05) is 91.3 Å². The van der Waals surface area contributed by atoms with Crippen molar-refractivity contribution in [3.63, 3.8) is 0 Å². The van der Waals surface area contributed by atoms with Crippen molar-refractivity contribution in [2.45, 2.75) is 0 Å². The first-order valence-electron chi connectivity index (χ1n) is 8.47. The Bertz CT molecular complexity index is 1070. The average Bonchev–Trinajstić information content (AvgIpc) is 2.74. The maximum atomic E-state index is 4.53. The molecule has 0 saturated heterocycles. The summed E-state index contributed by atoms with van der Waals surface area (Å²) < 4.78 is 0. The fourth-order valence-electron chi connectivity index (χ4n) is 2.71. The first-order chi connectivity index (χ1) is 12.9. The van der Waals surface area contributed by atoms with Gasteiger partial charge in [-0.2, -0.15) is 0 Å². The Morgan fingerprint density at radius 1 is 0.500 bits per heavy atom. The van der Waals surface area contributed by atoms with Gasteiger partial charge in [0.2, 0.25) is 0 Å². The zero-order chi connectivity index (χ0) is 17.6. The molecule has 0 spiro atoms. The molecule has 0 radical (unpaired) electrons. The molecule has 124 valence electrons. The fourth-order valence-corrected chi connectivity index (χ4v) is 2.71. The summed E-state index contributed by atoms with van der Waals surface area (Å²) in [6.45, 7) is 0. The Balaban J connectivity index is 0.000000144. The van der Waals surface area contributed by atoms with E-state index in [9.17, 15) is 0 Å². The van der Waals surface area contributed by atoms with Gasteiger partial charge in [0.1, 0.15) is 0 Å². The fraction of sp³-hybridized carbons (Fsp3) is 0. The summed E-state index contributed by atoms with van der Waals surface area (Å²) in [5.41, 5.74) is 3.09. The third-order valence-corrected chi connectivity index (χ3v) is 4.03. The maximum absolute atomic E-state index is 4.53. The lowest BCUT2D eigenvalue weighted by molar-refractivity contribution is 1.23. The van der Waals surface area contributed by atoms with Gasteiger partial charge < -0.3 is 0 Å². The second-order valence-corrected chi connectivity index (χ2v) is 5.81. The third kappa shape index (κ3) is 3.57. The van der Waals surface area contributed by atoms with Gasteiger partial charge in [0.25, 0.3) is 0 Å². The molecule has 0 fully saturated rings. The van der Waals surface area contributed by atoms with Crippen LogP contribution >= 0.6 is 0 Å². The first-order valence-corrected chi connectivity index (χ1v) is 8.47. The third-order valence-electron chi connectivity index (χ3n) is 4.03. The van der Waals surface area contributed by atoms with Crippen LogP contribution < -0.4 is 0 Å². The van der Waals surface area contributed by atoms with Gasteiger partial charge in [0, 0.05) is 28.7 Å². The molecule has 0 unspecified atom stereocenters. The average molecular weight is 335 g/mol. The van der Waals surface area contributed by atoms with Crippen LogP contribution in [0.25, 0.3) is 33.2 Å². The SMILES string of the molecule is c1ccc(-c2ncc3ccccc3n2)cc1.c1ccc2ncccc2c1. The first kappa shape index (κ1) is 15.9. The summed E-state index contributed by atoms with van der Waals surface area (Å²) >= 11 is 0. The van der Waals surface area contributed by atoms with Crippen molar-refractivity contribution >= 4 is 21.8 Å². The molecule has 0 N–H and O–H groups in total. The number of hydrogen-bond donors (Lipinski definition) is 0. The molecule has 0 saturated carbocycles. The van der Waals surface area contributed by atoms with Gasteiger partial charge in [0.05, 0.1) is 11.0 Å². The second-order valence-electron chi connectivity index (χ2n) is 5.81. The Labute approximate surface area is 152 Å². The lowest BCUT2D eigenvalue weighted by Gasteiger charge is -2.01. The largest absolute Gasteiger partial charge is 0.256 e. The van der Waals surface area contributed by atoms with E-state index in [2.05, 4.69) is 27.1 Å². The van der Waals surface area contributed by atoms with Gasteiger partial charge in [-0.05, 0) is 18.2 Å². The van der Waals surface area contributed by atoms with Crippen LogP contribution in [0.5, 0.6) is 0 Å². The quantitative estimate of drug-likeness (QED) is 0.404.